The predicted octanol–water partition coefficient (Wildman–Crippen LogP) is 5.31. The zero-order valence-electron chi connectivity index (χ0n) is 10.7. The predicted molar refractivity (Wildman–Crippen MR) is 74.9 cm³/mol. The Kier molecular flexibility index (Phi) is 4.73. The summed E-state index contributed by atoms with van der Waals surface area (Å²) in [6.07, 6.45) is -9.36. The molecule has 2 aromatic rings. The zero-order valence-corrected chi connectivity index (χ0v) is 12.4. The van der Waals surface area contributed by atoms with Crippen molar-refractivity contribution in [2.75, 3.05) is 0 Å². The van der Waals surface area contributed by atoms with E-state index in [0.717, 1.165) is 24.3 Å². The fraction of sp³-hybridized carbons (Fsp3) is 0.143. The summed E-state index contributed by atoms with van der Waals surface area (Å²) in [5.74, 6) is 0. The van der Waals surface area contributed by atoms with Gasteiger partial charge in [0.05, 0.1) is 18.4 Å². The van der Waals surface area contributed by atoms with E-state index < -0.39 is 30.8 Å². The van der Waals surface area contributed by atoms with Crippen LogP contribution in [0.15, 0.2) is 48.5 Å². The minimum absolute atomic E-state index is 0.344. The third kappa shape index (κ3) is 3.55. The highest BCUT2D eigenvalue weighted by atomic mass is 35.7. The van der Waals surface area contributed by atoms with E-state index in [1.165, 1.54) is 24.3 Å². The maximum absolute atomic E-state index is 13.0. The van der Waals surface area contributed by atoms with Gasteiger partial charge in [0.1, 0.15) is 0 Å². The van der Waals surface area contributed by atoms with E-state index in [9.17, 15) is 26.3 Å². The van der Waals surface area contributed by atoms with Crippen molar-refractivity contribution in [2.45, 2.75) is 12.4 Å². The molecule has 8 heteroatoms. The Morgan fingerprint density at radius 1 is 0.636 bits per heavy atom. The van der Waals surface area contributed by atoms with Gasteiger partial charge in [0.25, 0.3) is 0 Å². The van der Waals surface area contributed by atoms with Crippen LogP contribution in [-0.2, 0) is 12.4 Å². The molecule has 0 aliphatic carbocycles. The van der Waals surface area contributed by atoms with Crippen LogP contribution in [0.25, 0.3) is 0 Å². The highest BCUT2D eigenvalue weighted by Crippen LogP contribution is 2.46. The van der Waals surface area contributed by atoms with E-state index in [0.29, 0.717) is 0 Å². The van der Waals surface area contributed by atoms with E-state index >= 15 is 0 Å². The van der Waals surface area contributed by atoms with Gasteiger partial charge in [0, 0.05) is 10.6 Å². The smallest absolute Gasteiger partial charge is 0.166 e. The second-order valence-electron chi connectivity index (χ2n) is 4.31. The fourth-order valence-electron chi connectivity index (χ4n) is 1.90. The average Bonchev–Trinajstić information content (AvgIpc) is 2.45. The molecule has 0 saturated carbocycles. The molecule has 0 nitrogen and oxygen atoms in total. The molecule has 0 atom stereocenters. The topological polar surface area (TPSA) is 0 Å². The number of rotatable bonds is 2. The lowest BCUT2D eigenvalue weighted by atomic mass is 10.2. The molecule has 2 aromatic carbocycles. The molecule has 0 unspecified atom stereocenters. The molecule has 0 radical (unpaired) electrons. The Balaban J connectivity index is 2.58. The van der Waals surface area contributed by atoms with Gasteiger partial charge < -0.3 is 0 Å². The number of alkyl halides is 6. The van der Waals surface area contributed by atoms with Crippen LogP contribution in [0.2, 0.25) is 0 Å². The van der Waals surface area contributed by atoms with Gasteiger partial charge in [-0.1, -0.05) is 47.6 Å². The van der Waals surface area contributed by atoms with Gasteiger partial charge in [-0.3, -0.25) is 0 Å². The van der Waals surface area contributed by atoms with Crippen molar-refractivity contribution >= 4 is 29.1 Å². The molecule has 22 heavy (non-hydrogen) atoms. The minimum Gasteiger partial charge on any atom is -0.166 e. The highest BCUT2D eigenvalue weighted by molar-refractivity contribution is 7.95. The van der Waals surface area contributed by atoms with Crippen LogP contribution in [0.3, 0.4) is 0 Å². The van der Waals surface area contributed by atoms with Crippen LogP contribution in [0.1, 0.15) is 11.1 Å². The molecule has 0 N–H and O–H groups in total. The Hall–Kier alpha value is -1.26. The summed E-state index contributed by atoms with van der Waals surface area (Å²) in [7, 11) is -2.31. The summed E-state index contributed by atoms with van der Waals surface area (Å²) in [5.41, 5.74) is -2.04. The largest absolute Gasteiger partial charge is 0.417 e. The van der Waals surface area contributed by atoms with Crippen molar-refractivity contribution in [3.63, 3.8) is 0 Å². The maximum atomic E-state index is 13.0. The molecule has 0 aromatic heterocycles. The Labute approximate surface area is 128 Å². The number of benzene rings is 2. The van der Waals surface area contributed by atoms with Crippen LogP contribution < -0.4 is 10.6 Å². The molecule has 0 aliphatic heterocycles. The van der Waals surface area contributed by atoms with Crippen molar-refractivity contribution in [1.82, 2.24) is 0 Å². The molecule has 2 rings (SSSR count). The summed E-state index contributed by atoms with van der Waals surface area (Å²) in [5, 5.41) is -0.688. The van der Waals surface area contributed by atoms with Crippen LogP contribution in [-0.4, -0.2) is 0 Å². The zero-order chi connectivity index (χ0) is 16.5. The average molecular weight is 357 g/mol. The maximum Gasteiger partial charge on any atom is 0.417 e. The molecule has 0 spiro atoms. The van der Waals surface area contributed by atoms with Gasteiger partial charge in [-0.15, -0.1) is 0 Å². The third-order valence-corrected chi connectivity index (χ3v) is 5.56. The summed E-state index contributed by atoms with van der Waals surface area (Å²) >= 11 is 6.02. The monoisotopic (exact) mass is 356 g/mol. The molecule has 0 saturated heterocycles. The minimum atomic E-state index is -4.68. The molecular formula is C14H8ClF6P. The summed E-state index contributed by atoms with van der Waals surface area (Å²) in [6.45, 7) is 0. The molecule has 0 fully saturated rings. The lowest BCUT2D eigenvalue weighted by Crippen LogP contribution is -2.24. The quantitative estimate of drug-likeness (QED) is 0.505. The lowest BCUT2D eigenvalue weighted by Gasteiger charge is -2.20. The van der Waals surface area contributed by atoms with Gasteiger partial charge in [-0.05, 0) is 12.1 Å². The van der Waals surface area contributed by atoms with Gasteiger partial charge in [-0.2, -0.15) is 26.3 Å². The van der Waals surface area contributed by atoms with Crippen molar-refractivity contribution in [3.8, 4) is 0 Å². The fourth-order valence-corrected chi connectivity index (χ4v) is 4.30. The normalized spacial score (nSPS) is 12.7. The molecule has 0 bridgehead atoms. The van der Waals surface area contributed by atoms with E-state index in [4.69, 9.17) is 11.2 Å². The third-order valence-electron chi connectivity index (χ3n) is 2.84. The first-order valence-electron chi connectivity index (χ1n) is 5.90. The number of hydrogen-bond acceptors (Lipinski definition) is 0. The summed E-state index contributed by atoms with van der Waals surface area (Å²) < 4.78 is 77.9. The van der Waals surface area contributed by atoms with Crippen molar-refractivity contribution in [1.29, 1.82) is 0 Å². The molecule has 0 heterocycles. The molecular weight excluding hydrogens is 349 g/mol. The SMILES string of the molecule is FC(F)(F)c1ccccc1P(Cl)c1ccccc1C(F)(F)F. The van der Waals surface area contributed by atoms with Gasteiger partial charge in [0.15, 0.2) is 0 Å². The second-order valence-corrected chi connectivity index (χ2v) is 6.85. The van der Waals surface area contributed by atoms with Gasteiger partial charge >= 0.3 is 12.4 Å². The Morgan fingerprint density at radius 2 is 0.955 bits per heavy atom. The van der Waals surface area contributed by atoms with E-state index in [2.05, 4.69) is 0 Å². The van der Waals surface area contributed by atoms with E-state index in [-0.39, 0.29) is 10.6 Å². The molecule has 0 amide bonds. The Bertz CT molecular complexity index is 607. The first kappa shape index (κ1) is 17.1. The van der Waals surface area contributed by atoms with Crippen molar-refractivity contribution in [2.24, 2.45) is 0 Å². The highest BCUT2D eigenvalue weighted by Gasteiger charge is 2.38. The van der Waals surface area contributed by atoms with Crippen LogP contribution in [0.4, 0.5) is 26.3 Å². The first-order chi connectivity index (χ1) is 10.1. The van der Waals surface area contributed by atoms with Crippen molar-refractivity contribution in [3.05, 3.63) is 59.7 Å². The number of hydrogen-bond donors (Lipinski definition) is 0. The standard InChI is InChI=1S/C14H8ClF6P/c15-22(11-7-3-1-5-9(11)13(16,17)18)12-8-4-2-6-10(12)14(19,20)21/h1-8H. The van der Waals surface area contributed by atoms with E-state index in [1.807, 2.05) is 0 Å². The first-order valence-corrected chi connectivity index (χ1v) is 8.15. The molecule has 118 valence electrons. The van der Waals surface area contributed by atoms with Crippen LogP contribution in [0.5, 0.6) is 0 Å². The van der Waals surface area contributed by atoms with Gasteiger partial charge in [0.2, 0.25) is 0 Å². The van der Waals surface area contributed by atoms with E-state index in [1.54, 1.807) is 0 Å². The van der Waals surface area contributed by atoms with Gasteiger partial charge in [-0.25, -0.2) is 0 Å². The van der Waals surface area contributed by atoms with Crippen molar-refractivity contribution < 1.29 is 26.3 Å². The summed E-state index contributed by atoms with van der Waals surface area (Å²) in [6, 6.07) is 8.80. The lowest BCUT2D eigenvalue weighted by molar-refractivity contribution is -0.137. The van der Waals surface area contributed by atoms with Crippen LogP contribution in [0, 0.1) is 0 Å². The molecule has 0 aliphatic rings. The second kappa shape index (κ2) is 6.09. The Morgan fingerprint density at radius 3 is 1.27 bits per heavy atom. The van der Waals surface area contributed by atoms with Crippen LogP contribution >= 0.6 is 18.5 Å². The number of halogens is 7. The summed E-state index contributed by atoms with van der Waals surface area (Å²) in [4.78, 5) is 0.